The molecule has 0 spiro atoms. The van der Waals surface area contributed by atoms with E-state index in [1.165, 1.54) is 15.3 Å². The van der Waals surface area contributed by atoms with Gasteiger partial charge < -0.3 is 9.84 Å². The van der Waals surface area contributed by atoms with Gasteiger partial charge in [0.25, 0.3) is 0 Å². The molecule has 0 fully saturated rings. The zero-order chi connectivity index (χ0) is 14.0. The highest BCUT2D eigenvalue weighted by Gasteiger charge is 2.19. The second-order valence-electron chi connectivity index (χ2n) is 5.01. The molecular weight excluding hydrogens is 256 g/mol. The van der Waals surface area contributed by atoms with Crippen LogP contribution in [-0.4, -0.2) is 5.16 Å². The van der Waals surface area contributed by atoms with Crippen molar-refractivity contribution in [3.05, 3.63) is 38.9 Å². The van der Waals surface area contributed by atoms with Gasteiger partial charge in [0.2, 0.25) is 0 Å². The van der Waals surface area contributed by atoms with Gasteiger partial charge in [-0.3, -0.25) is 0 Å². The second-order valence-corrected chi connectivity index (χ2v) is 6.21. The number of hydrogen-bond acceptors (Lipinski definition) is 4. The van der Waals surface area contributed by atoms with Crippen molar-refractivity contribution in [2.75, 3.05) is 0 Å². The zero-order valence-electron chi connectivity index (χ0n) is 12.3. The Morgan fingerprint density at radius 2 is 2.00 bits per heavy atom. The van der Waals surface area contributed by atoms with Gasteiger partial charge in [0, 0.05) is 27.4 Å². The van der Waals surface area contributed by atoms with Crippen molar-refractivity contribution in [2.45, 2.75) is 53.1 Å². The molecule has 0 aliphatic rings. The Kier molecular flexibility index (Phi) is 4.42. The van der Waals surface area contributed by atoms with Crippen molar-refractivity contribution in [2.24, 2.45) is 0 Å². The zero-order valence-corrected chi connectivity index (χ0v) is 13.1. The Bertz CT molecular complexity index is 525. The fourth-order valence-electron chi connectivity index (χ4n) is 2.47. The van der Waals surface area contributed by atoms with Gasteiger partial charge in [-0.1, -0.05) is 12.1 Å². The summed E-state index contributed by atoms with van der Waals surface area (Å²) >= 11 is 1.89. The average Bonchev–Trinajstić information content (AvgIpc) is 2.96. The van der Waals surface area contributed by atoms with Gasteiger partial charge in [0.15, 0.2) is 0 Å². The molecule has 2 unspecified atom stereocenters. The van der Waals surface area contributed by atoms with Gasteiger partial charge in [-0.25, -0.2) is 0 Å². The topological polar surface area (TPSA) is 38.1 Å². The molecule has 3 nitrogen and oxygen atoms in total. The quantitative estimate of drug-likeness (QED) is 0.884. The van der Waals surface area contributed by atoms with Gasteiger partial charge in [-0.05, 0) is 46.2 Å². The van der Waals surface area contributed by atoms with Crippen LogP contribution in [0, 0.1) is 13.8 Å². The maximum absolute atomic E-state index is 5.24. The number of nitrogens with one attached hydrogen (secondary N) is 1. The maximum Gasteiger partial charge on any atom is 0.138 e. The Morgan fingerprint density at radius 3 is 2.53 bits per heavy atom. The minimum Gasteiger partial charge on any atom is -0.361 e. The lowest BCUT2D eigenvalue weighted by Gasteiger charge is -2.19. The van der Waals surface area contributed by atoms with Crippen molar-refractivity contribution < 1.29 is 4.52 Å². The normalized spacial score (nSPS) is 14.6. The second kappa shape index (κ2) is 5.88. The van der Waals surface area contributed by atoms with Crippen molar-refractivity contribution in [1.82, 2.24) is 10.5 Å². The van der Waals surface area contributed by atoms with Crippen LogP contribution in [0.25, 0.3) is 0 Å². The van der Waals surface area contributed by atoms with E-state index in [0.717, 1.165) is 17.9 Å². The van der Waals surface area contributed by atoms with E-state index in [1.54, 1.807) is 0 Å². The van der Waals surface area contributed by atoms with Gasteiger partial charge >= 0.3 is 0 Å². The molecule has 2 atom stereocenters. The van der Waals surface area contributed by atoms with Crippen LogP contribution in [0.5, 0.6) is 0 Å². The molecule has 1 N–H and O–H groups in total. The van der Waals surface area contributed by atoms with Crippen LogP contribution in [0.15, 0.2) is 16.7 Å². The average molecular weight is 278 g/mol. The SMILES string of the molecule is CCc1ccc(C(C)NC(C)c2c(C)noc2C)s1. The van der Waals surface area contributed by atoms with Crippen molar-refractivity contribution in [1.29, 1.82) is 0 Å². The van der Waals surface area contributed by atoms with Crippen LogP contribution in [-0.2, 0) is 6.42 Å². The highest BCUT2D eigenvalue weighted by Crippen LogP contribution is 2.28. The van der Waals surface area contributed by atoms with Gasteiger partial charge in [-0.2, -0.15) is 0 Å². The van der Waals surface area contributed by atoms with Gasteiger partial charge in [0.05, 0.1) is 5.69 Å². The largest absolute Gasteiger partial charge is 0.361 e. The van der Waals surface area contributed by atoms with E-state index in [4.69, 9.17) is 4.52 Å². The lowest BCUT2D eigenvalue weighted by Crippen LogP contribution is -2.22. The molecule has 0 aliphatic carbocycles. The first-order chi connectivity index (χ1) is 9.02. The van der Waals surface area contributed by atoms with Crippen LogP contribution in [0.2, 0.25) is 0 Å². The Morgan fingerprint density at radius 1 is 1.26 bits per heavy atom. The molecule has 2 aromatic rings. The number of aryl methyl sites for hydroxylation is 3. The molecule has 2 heterocycles. The molecule has 0 bridgehead atoms. The van der Waals surface area contributed by atoms with Gasteiger partial charge in [-0.15, -0.1) is 11.3 Å². The smallest absolute Gasteiger partial charge is 0.138 e. The van der Waals surface area contributed by atoms with Crippen LogP contribution in [0.4, 0.5) is 0 Å². The van der Waals surface area contributed by atoms with E-state index in [2.05, 4.69) is 43.4 Å². The summed E-state index contributed by atoms with van der Waals surface area (Å²) in [6, 6.07) is 5.03. The number of rotatable bonds is 5. The van der Waals surface area contributed by atoms with Crippen molar-refractivity contribution in [3.63, 3.8) is 0 Å². The summed E-state index contributed by atoms with van der Waals surface area (Å²) in [5.41, 5.74) is 2.16. The summed E-state index contributed by atoms with van der Waals surface area (Å²) in [4.78, 5) is 2.82. The molecule has 0 aliphatic heterocycles. The molecule has 0 amide bonds. The molecule has 2 aromatic heterocycles. The van der Waals surface area contributed by atoms with Crippen LogP contribution in [0.3, 0.4) is 0 Å². The first-order valence-electron chi connectivity index (χ1n) is 6.80. The lowest BCUT2D eigenvalue weighted by molar-refractivity contribution is 0.389. The highest BCUT2D eigenvalue weighted by molar-refractivity contribution is 7.12. The third kappa shape index (κ3) is 3.07. The number of thiophene rings is 1. The van der Waals surface area contributed by atoms with E-state index in [9.17, 15) is 0 Å². The molecule has 0 radical (unpaired) electrons. The minimum atomic E-state index is 0.244. The van der Waals surface area contributed by atoms with Crippen molar-refractivity contribution in [3.8, 4) is 0 Å². The third-order valence-corrected chi connectivity index (χ3v) is 4.89. The maximum atomic E-state index is 5.24. The number of hydrogen-bond donors (Lipinski definition) is 1. The molecule has 104 valence electrons. The molecular formula is C15H22N2OS. The summed E-state index contributed by atoms with van der Waals surface area (Å²) in [5, 5.41) is 7.65. The van der Waals surface area contributed by atoms with E-state index in [1.807, 2.05) is 25.2 Å². The van der Waals surface area contributed by atoms with Crippen LogP contribution >= 0.6 is 11.3 Å². The third-order valence-electron chi connectivity index (χ3n) is 3.48. The molecule has 4 heteroatoms. The minimum absolute atomic E-state index is 0.244. The van der Waals surface area contributed by atoms with E-state index >= 15 is 0 Å². The van der Waals surface area contributed by atoms with Crippen molar-refractivity contribution >= 4 is 11.3 Å². The Labute approximate surface area is 119 Å². The highest BCUT2D eigenvalue weighted by atomic mass is 32.1. The van der Waals surface area contributed by atoms with E-state index in [0.29, 0.717) is 6.04 Å². The Balaban J connectivity index is 2.08. The van der Waals surface area contributed by atoms with E-state index < -0.39 is 0 Å². The summed E-state index contributed by atoms with van der Waals surface area (Å²) in [6.07, 6.45) is 1.11. The summed E-state index contributed by atoms with van der Waals surface area (Å²) in [5.74, 6) is 0.908. The summed E-state index contributed by atoms with van der Waals surface area (Å²) in [7, 11) is 0. The fraction of sp³-hybridized carbons (Fsp3) is 0.533. The molecule has 19 heavy (non-hydrogen) atoms. The predicted octanol–water partition coefficient (Wildman–Crippen LogP) is 4.33. The first-order valence-corrected chi connectivity index (χ1v) is 7.62. The molecule has 0 saturated heterocycles. The molecule has 2 rings (SSSR count). The van der Waals surface area contributed by atoms with Crippen LogP contribution < -0.4 is 5.32 Å². The lowest BCUT2D eigenvalue weighted by atomic mass is 10.1. The molecule has 0 aromatic carbocycles. The number of nitrogens with zero attached hydrogens (tertiary/aromatic N) is 1. The van der Waals surface area contributed by atoms with E-state index in [-0.39, 0.29) is 6.04 Å². The number of aromatic nitrogens is 1. The summed E-state index contributed by atoms with van der Waals surface area (Å²) in [6.45, 7) is 10.5. The monoisotopic (exact) mass is 278 g/mol. The Hall–Kier alpha value is -1.13. The van der Waals surface area contributed by atoms with Gasteiger partial charge in [0.1, 0.15) is 5.76 Å². The predicted molar refractivity (Wildman–Crippen MR) is 79.6 cm³/mol. The standard InChI is InChI=1S/C15H22N2OS/c1-6-13-7-8-14(19-13)9(2)16-10(3)15-11(4)17-18-12(15)5/h7-10,16H,6H2,1-5H3. The first kappa shape index (κ1) is 14.3. The summed E-state index contributed by atoms with van der Waals surface area (Å²) < 4.78 is 5.24. The molecule has 0 saturated carbocycles. The fourth-order valence-corrected chi connectivity index (χ4v) is 3.43. The van der Waals surface area contributed by atoms with Crippen LogP contribution in [0.1, 0.15) is 59.6 Å².